The van der Waals surface area contributed by atoms with Gasteiger partial charge in [-0.15, -0.1) is 0 Å². The van der Waals surface area contributed by atoms with Gasteiger partial charge in [-0.2, -0.15) is 0 Å². The standard InChI is InChI=1S/C13H18ClNO2/c1-2-17-13(16)8-7-11(15)9-10-5-3-4-6-12(10)14/h3-6,11H,2,7-9,15H2,1H3. The van der Waals surface area contributed by atoms with Crippen molar-refractivity contribution in [3.8, 4) is 0 Å². The minimum Gasteiger partial charge on any atom is -0.466 e. The Labute approximate surface area is 107 Å². The maximum absolute atomic E-state index is 11.2. The maximum Gasteiger partial charge on any atom is 0.305 e. The van der Waals surface area contributed by atoms with Crippen LogP contribution in [0.25, 0.3) is 0 Å². The van der Waals surface area contributed by atoms with Gasteiger partial charge in [0.15, 0.2) is 0 Å². The molecule has 1 rings (SSSR count). The molecule has 0 amide bonds. The molecule has 4 heteroatoms. The molecule has 1 unspecified atom stereocenters. The van der Waals surface area contributed by atoms with Gasteiger partial charge in [-0.25, -0.2) is 0 Å². The second-order valence-electron chi connectivity index (χ2n) is 3.90. The Morgan fingerprint density at radius 2 is 2.18 bits per heavy atom. The van der Waals surface area contributed by atoms with Crippen molar-refractivity contribution in [2.24, 2.45) is 5.73 Å². The first-order valence-electron chi connectivity index (χ1n) is 5.78. The van der Waals surface area contributed by atoms with E-state index in [1.807, 2.05) is 24.3 Å². The van der Waals surface area contributed by atoms with Crippen molar-refractivity contribution in [3.63, 3.8) is 0 Å². The molecular weight excluding hydrogens is 238 g/mol. The quantitative estimate of drug-likeness (QED) is 0.795. The van der Waals surface area contributed by atoms with Crippen LogP contribution in [0.2, 0.25) is 5.02 Å². The minimum atomic E-state index is -0.192. The second-order valence-corrected chi connectivity index (χ2v) is 4.31. The number of esters is 1. The van der Waals surface area contributed by atoms with Crippen molar-refractivity contribution in [3.05, 3.63) is 34.9 Å². The molecule has 3 nitrogen and oxygen atoms in total. The number of halogens is 1. The minimum absolute atomic E-state index is 0.0701. The summed E-state index contributed by atoms with van der Waals surface area (Å²) >= 11 is 6.03. The number of rotatable bonds is 6. The molecule has 0 spiro atoms. The number of ether oxygens (including phenoxy) is 1. The third kappa shape index (κ3) is 5.20. The normalized spacial score (nSPS) is 12.2. The van der Waals surface area contributed by atoms with Gasteiger partial charge in [0.05, 0.1) is 6.61 Å². The Hall–Kier alpha value is -1.06. The van der Waals surface area contributed by atoms with Crippen molar-refractivity contribution >= 4 is 17.6 Å². The molecule has 94 valence electrons. The molecule has 1 atom stereocenters. The second kappa shape index (κ2) is 7.30. The van der Waals surface area contributed by atoms with Gasteiger partial charge in [-0.3, -0.25) is 4.79 Å². The van der Waals surface area contributed by atoms with Crippen molar-refractivity contribution < 1.29 is 9.53 Å². The Balaban J connectivity index is 2.37. The van der Waals surface area contributed by atoms with Gasteiger partial charge in [-0.05, 0) is 31.4 Å². The zero-order chi connectivity index (χ0) is 12.7. The summed E-state index contributed by atoms with van der Waals surface area (Å²) in [6.07, 6.45) is 1.66. The average Bonchev–Trinajstić information content (AvgIpc) is 2.30. The number of hydrogen-bond donors (Lipinski definition) is 1. The molecule has 17 heavy (non-hydrogen) atoms. The topological polar surface area (TPSA) is 52.3 Å². The third-order valence-corrected chi connectivity index (χ3v) is 2.83. The van der Waals surface area contributed by atoms with Crippen LogP contribution in [0.4, 0.5) is 0 Å². The molecule has 0 aliphatic rings. The predicted octanol–water partition coefficient (Wildman–Crippen LogP) is 2.55. The zero-order valence-corrected chi connectivity index (χ0v) is 10.7. The van der Waals surface area contributed by atoms with Crippen LogP contribution in [0.1, 0.15) is 25.3 Å². The highest BCUT2D eigenvalue weighted by molar-refractivity contribution is 6.31. The predicted molar refractivity (Wildman–Crippen MR) is 69.0 cm³/mol. The summed E-state index contributed by atoms with van der Waals surface area (Å²) in [6, 6.07) is 7.54. The number of carbonyl (C=O) groups excluding carboxylic acids is 1. The molecule has 0 aliphatic carbocycles. The largest absolute Gasteiger partial charge is 0.466 e. The van der Waals surface area contributed by atoms with E-state index in [1.165, 1.54) is 0 Å². The first-order chi connectivity index (χ1) is 8.13. The lowest BCUT2D eigenvalue weighted by atomic mass is 10.0. The van der Waals surface area contributed by atoms with Crippen molar-refractivity contribution in [1.82, 2.24) is 0 Å². The molecule has 0 bridgehead atoms. The Morgan fingerprint density at radius 3 is 2.82 bits per heavy atom. The van der Waals surface area contributed by atoms with Crippen molar-refractivity contribution in [1.29, 1.82) is 0 Å². The molecule has 0 heterocycles. The van der Waals surface area contributed by atoms with E-state index in [1.54, 1.807) is 6.92 Å². The Kier molecular flexibility index (Phi) is 6.01. The van der Waals surface area contributed by atoms with E-state index in [0.717, 1.165) is 10.6 Å². The van der Waals surface area contributed by atoms with E-state index >= 15 is 0 Å². The summed E-state index contributed by atoms with van der Waals surface area (Å²) in [4.78, 5) is 11.2. The highest BCUT2D eigenvalue weighted by atomic mass is 35.5. The molecule has 0 aliphatic heterocycles. The molecule has 0 fully saturated rings. The molecule has 0 saturated heterocycles. The van der Waals surface area contributed by atoms with Crippen LogP contribution in [0.3, 0.4) is 0 Å². The summed E-state index contributed by atoms with van der Waals surface area (Å²) in [5.74, 6) is -0.192. The summed E-state index contributed by atoms with van der Waals surface area (Å²) < 4.78 is 4.85. The van der Waals surface area contributed by atoms with Gasteiger partial charge in [0, 0.05) is 17.5 Å². The first-order valence-corrected chi connectivity index (χ1v) is 6.16. The van der Waals surface area contributed by atoms with E-state index in [0.29, 0.717) is 25.9 Å². The summed E-state index contributed by atoms with van der Waals surface area (Å²) in [7, 11) is 0. The molecule has 0 saturated carbocycles. The van der Waals surface area contributed by atoms with Gasteiger partial charge in [0.1, 0.15) is 0 Å². The van der Waals surface area contributed by atoms with Crippen LogP contribution in [-0.2, 0) is 16.0 Å². The highest BCUT2D eigenvalue weighted by Crippen LogP contribution is 2.17. The first kappa shape index (κ1) is 14.0. The van der Waals surface area contributed by atoms with Crippen LogP contribution in [0.5, 0.6) is 0 Å². The van der Waals surface area contributed by atoms with Crippen LogP contribution in [0.15, 0.2) is 24.3 Å². The summed E-state index contributed by atoms with van der Waals surface area (Å²) in [6.45, 7) is 2.21. The molecule has 0 aromatic heterocycles. The van der Waals surface area contributed by atoms with Gasteiger partial charge < -0.3 is 10.5 Å². The molecule has 1 aromatic rings. The van der Waals surface area contributed by atoms with E-state index in [2.05, 4.69) is 0 Å². The van der Waals surface area contributed by atoms with Crippen molar-refractivity contribution in [2.45, 2.75) is 32.2 Å². The fraction of sp³-hybridized carbons (Fsp3) is 0.462. The molecule has 1 aromatic carbocycles. The van der Waals surface area contributed by atoms with Gasteiger partial charge in [0.2, 0.25) is 0 Å². The number of benzene rings is 1. The van der Waals surface area contributed by atoms with Gasteiger partial charge in [0.25, 0.3) is 0 Å². The van der Waals surface area contributed by atoms with Gasteiger partial charge >= 0.3 is 5.97 Å². The van der Waals surface area contributed by atoms with Gasteiger partial charge in [-0.1, -0.05) is 29.8 Å². The third-order valence-electron chi connectivity index (χ3n) is 2.46. The van der Waals surface area contributed by atoms with Crippen LogP contribution in [-0.4, -0.2) is 18.6 Å². The number of hydrogen-bond acceptors (Lipinski definition) is 3. The van der Waals surface area contributed by atoms with E-state index in [4.69, 9.17) is 22.1 Å². The number of carbonyl (C=O) groups is 1. The summed E-state index contributed by atoms with van der Waals surface area (Å²) in [5.41, 5.74) is 6.97. The zero-order valence-electron chi connectivity index (χ0n) is 9.99. The van der Waals surface area contributed by atoms with E-state index in [-0.39, 0.29) is 12.0 Å². The summed E-state index contributed by atoms with van der Waals surface area (Å²) in [5, 5.41) is 0.721. The maximum atomic E-state index is 11.2. The van der Waals surface area contributed by atoms with Crippen molar-refractivity contribution in [2.75, 3.05) is 6.61 Å². The lowest BCUT2D eigenvalue weighted by molar-refractivity contribution is -0.143. The smallest absolute Gasteiger partial charge is 0.305 e. The van der Waals surface area contributed by atoms with E-state index in [9.17, 15) is 4.79 Å². The molecular formula is C13H18ClNO2. The van der Waals surface area contributed by atoms with Crippen LogP contribution in [0, 0.1) is 0 Å². The Morgan fingerprint density at radius 1 is 1.47 bits per heavy atom. The fourth-order valence-corrected chi connectivity index (χ4v) is 1.80. The fourth-order valence-electron chi connectivity index (χ4n) is 1.58. The monoisotopic (exact) mass is 255 g/mol. The lowest BCUT2D eigenvalue weighted by Crippen LogP contribution is -2.24. The SMILES string of the molecule is CCOC(=O)CCC(N)Cc1ccccc1Cl. The van der Waals surface area contributed by atoms with Crippen LogP contribution >= 0.6 is 11.6 Å². The number of nitrogens with two attached hydrogens (primary N) is 1. The highest BCUT2D eigenvalue weighted by Gasteiger charge is 2.10. The lowest BCUT2D eigenvalue weighted by Gasteiger charge is -2.12. The Bertz CT molecular complexity index is 368. The van der Waals surface area contributed by atoms with E-state index < -0.39 is 0 Å². The molecule has 2 N–H and O–H groups in total. The van der Waals surface area contributed by atoms with Crippen LogP contribution < -0.4 is 5.73 Å². The molecule has 0 radical (unpaired) electrons. The average molecular weight is 256 g/mol.